The van der Waals surface area contributed by atoms with Crippen molar-refractivity contribution in [2.24, 2.45) is 0 Å². The van der Waals surface area contributed by atoms with Crippen molar-refractivity contribution in [3.05, 3.63) is 142 Å². The van der Waals surface area contributed by atoms with Gasteiger partial charge in [0.05, 0.1) is 24.2 Å². The van der Waals surface area contributed by atoms with Crippen LogP contribution in [-0.4, -0.2) is 0 Å². The highest BCUT2D eigenvalue weighted by Crippen LogP contribution is 2.45. The summed E-state index contributed by atoms with van der Waals surface area (Å²) in [6, 6.07) is 35.8. The lowest BCUT2D eigenvalue weighted by molar-refractivity contribution is 0.210. The van der Waals surface area contributed by atoms with Crippen molar-refractivity contribution in [1.29, 1.82) is 0 Å². The molecular weight excluding hydrogens is 412 g/mol. The minimum Gasteiger partial charge on any atom is -0.300 e. The van der Waals surface area contributed by atoms with E-state index in [1.54, 1.807) is 0 Å². The van der Waals surface area contributed by atoms with E-state index in [1.165, 1.54) is 44.5 Å². The van der Waals surface area contributed by atoms with Gasteiger partial charge in [0.2, 0.25) is 0 Å². The monoisotopic (exact) mass is 446 g/mol. The molecule has 4 unspecified atom stereocenters. The second-order valence-corrected chi connectivity index (χ2v) is 9.67. The van der Waals surface area contributed by atoms with E-state index >= 15 is 0 Å². The average molecular weight is 447 g/mol. The number of piperazine rings is 1. The fourth-order valence-electron chi connectivity index (χ4n) is 5.59. The molecule has 4 aromatic rings. The molecule has 2 nitrogen and oxygen atoms in total. The number of rotatable bonds is 4. The average Bonchev–Trinajstić information content (AvgIpc) is 2.85. The third kappa shape index (κ3) is 4.20. The minimum atomic E-state index is 0.146. The molecule has 0 spiro atoms. The van der Waals surface area contributed by atoms with Gasteiger partial charge in [0, 0.05) is 0 Å². The molecule has 0 bridgehead atoms. The summed E-state index contributed by atoms with van der Waals surface area (Å²) < 4.78 is 0. The second-order valence-electron chi connectivity index (χ2n) is 9.67. The molecule has 172 valence electrons. The zero-order valence-electron chi connectivity index (χ0n) is 20.5. The Morgan fingerprint density at radius 3 is 0.765 bits per heavy atom. The predicted molar refractivity (Wildman–Crippen MR) is 142 cm³/mol. The van der Waals surface area contributed by atoms with Crippen molar-refractivity contribution in [3.63, 3.8) is 0 Å². The van der Waals surface area contributed by atoms with Gasteiger partial charge in [-0.1, -0.05) is 97.1 Å². The smallest absolute Gasteiger partial charge is 0.0526 e. The van der Waals surface area contributed by atoms with Crippen molar-refractivity contribution >= 4 is 0 Å². The van der Waals surface area contributed by atoms with Crippen LogP contribution in [0.3, 0.4) is 0 Å². The molecule has 1 aliphatic rings. The van der Waals surface area contributed by atoms with E-state index in [2.05, 4.69) is 135 Å². The van der Waals surface area contributed by atoms with Gasteiger partial charge in [-0.05, 0) is 72.2 Å². The van der Waals surface area contributed by atoms with Crippen molar-refractivity contribution in [3.8, 4) is 0 Å². The van der Waals surface area contributed by atoms with Gasteiger partial charge in [-0.3, -0.25) is 10.6 Å². The Bertz CT molecular complexity index is 1090. The lowest BCUT2D eigenvalue weighted by atomic mass is 9.80. The van der Waals surface area contributed by atoms with Crippen LogP contribution >= 0.6 is 0 Å². The van der Waals surface area contributed by atoms with Crippen molar-refractivity contribution in [1.82, 2.24) is 10.6 Å². The third-order valence-corrected chi connectivity index (χ3v) is 7.48. The number of hydrogen-bond acceptors (Lipinski definition) is 2. The van der Waals surface area contributed by atoms with Gasteiger partial charge >= 0.3 is 0 Å². The maximum Gasteiger partial charge on any atom is 0.0526 e. The van der Waals surface area contributed by atoms with Crippen LogP contribution in [0.4, 0.5) is 0 Å². The highest BCUT2D eigenvalue weighted by Gasteiger charge is 2.40. The SMILES string of the molecule is Cc1ccccc1C1NC(c2ccccc2C)C(c2ccccc2C)NC1c1ccccc1C. The summed E-state index contributed by atoms with van der Waals surface area (Å²) in [7, 11) is 0. The van der Waals surface area contributed by atoms with Gasteiger partial charge in [0.25, 0.3) is 0 Å². The summed E-state index contributed by atoms with van der Waals surface area (Å²) >= 11 is 0. The van der Waals surface area contributed by atoms with Gasteiger partial charge in [-0.25, -0.2) is 0 Å². The molecular formula is C32H34N2. The fourth-order valence-corrected chi connectivity index (χ4v) is 5.59. The quantitative estimate of drug-likeness (QED) is 0.342. The highest BCUT2D eigenvalue weighted by molar-refractivity contribution is 5.42. The third-order valence-electron chi connectivity index (χ3n) is 7.48. The van der Waals surface area contributed by atoms with E-state index in [-0.39, 0.29) is 24.2 Å². The van der Waals surface area contributed by atoms with Crippen LogP contribution < -0.4 is 10.6 Å². The molecule has 1 aliphatic heterocycles. The normalized spacial score (nSPS) is 22.5. The predicted octanol–water partition coefficient (Wildman–Crippen LogP) is 7.38. The van der Waals surface area contributed by atoms with Crippen LogP contribution in [0.1, 0.15) is 68.7 Å². The molecule has 1 heterocycles. The lowest BCUT2D eigenvalue weighted by Gasteiger charge is -2.46. The van der Waals surface area contributed by atoms with E-state index in [4.69, 9.17) is 0 Å². The molecule has 2 N–H and O–H groups in total. The van der Waals surface area contributed by atoms with Crippen molar-refractivity contribution < 1.29 is 0 Å². The molecule has 5 rings (SSSR count). The molecule has 0 amide bonds. The lowest BCUT2D eigenvalue weighted by Crippen LogP contribution is -2.50. The van der Waals surface area contributed by atoms with Crippen LogP contribution in [-0.2, 0) is 0 Å². The molecule has 0 aromatic heterocycles. The number of benzene rings is 4. The fraction of sp³-hybridized carbons (Fsp3) is 0.250. The molecule has 2 heteroatoms. The molecule has 0 aliphatic carbocycles. The summed E-state index contributed by atoms with van der Waals surface area (Å²) in [5.74, 6) is 0. The Hall–Kier alpha value is -3.20. The number of nitrogens with one attached hydrogen (secondary N) is 2. The van der Waals surface area contributed by atoms with Crippen LogP contribution in [0.2, 0.25) is 0 Å². The molecule has 0 radical (unpaired) electrons. The molecule has 0 saturated carbocycles. The van der Waals surface area contributed by atoms with Gasteiger partial charge in [-0.15, -0.1) is 0 Å². The summed E-state index contributed by atoms with van der Waals surface area (Å²) in [5, 5.41) is 8.31. The van der Waals surface area contributed by atoms with E-state index in [9.17, 15) is 0 Å². The largest absolute Gasteiger partial charge is 0.300 e. The maximum atomic E-state index is 4.16. The Kier molecular flexibility index (Phi) is 6.36. The molecule has 34 heavy (non-hydrogen) atoms. The summed E-state index contributed by atoms with van der Waals surface area (Å²) in [6.45, 7) is 8.90. The first kappa shape index (κ1) is 22.6. The first-order valence-electron chi connectivity index (χ1n) is 12.3. The molecule has 1 fully saturated rings. The zero-order chi connectivity index (χ0) is 23.7. The molecule has 4 aromatic carbocycles. The van der Waals surface area contributed by atoms with E-state index in [0.717, 1.165) is 0 Å². The van der Waals surface area contributed by atoms with Crippen molar-refractivity contribution in [2.45, 2.75) is 51.9 Å². The Balaban J connectivity index is 1.69. The topological polar surface area (TPSA) is 24.1 Å². The van der Waals surface area contributed by atoms with Crippen LogP contribution in [0.5, 0.6) is 0 Å². The number of aryl methyl sites for hydroxylation is 4. The van der Waals surface area contributed by atoms with Gasteiger partial charge in [0.15, 0.2) is 0 Å². The van der Waals surface area contributed by atoms with E-state index < -0.39 is 0 Å². The second kappa shape index (κ2) is 9.58. The first-order chi connectivity index (χ1) is 16.5. The number of hydrogen-bond donors (Lipinski definition) is 2. The summed E-state index contributed by atoms with van der Waals surface area (Å²) in [6.07, 6.45) is 0. The molecule has 1 saturated heterocycles. The van der Waals surface area contributed by atoms with Crippen LogP contribution in [0, 0.1) is 27.7 Å². The Labute approximate surface area is 204 Å². The first-order valence-corrected chi connectivity index (χ1v) is 12.3. The van der Waals surface area contributed by atoms with Gasteiger partial charge < -0.3 is 0 Å². The maximum absolute atomic E-state index is 4.16. The van der Waals surface area contributed by atoms with E-state index in [1.807, 2.05) is 0 Å². The Morgan fingerprint density at radius 2 is 0.559 bits per heavy atom. The summed E-state index contributed by atoms with van der Waals surface area (Å²) in [5.41, 5.74) is 10.7. The van der Waals surface area contributed by atoms with Gasteiger partial charge in [-0.2, -0.15) is 0 Å². The zero-order valence-corrected chi connectivity index (χ0v) is 20.5. The van der Waals surface area contributed by atoms with Crippen LogP contribution in [0.25, 0.3) is 0 Å². The van der Waals surface area contributed by atoms with Crippen LogP contribution in [0.15, 0.2) is 97.1 Å². The minimum absolute atomic E-state index is 0.146. The molecule has 4 atom stereocenters. The highest BCUT2D eigenvalue weighted by atomic mass is 15.2. The summed E-state index contributed by atoms with van der Waals surface area (Å²) in [4.78, 5) is 0. The van der Waals surface area contributed by atoms with Gasteiger partial charge in [0.1, 0.15) is 0 Å². The van der Waals surface area contributed by atoms with Crippen molar-refractivity contribution in [2.75, 3.05) is 0 Å². The standard InChI is InChI=1S/C32H34N2/c1-21-13-5-9-17-25(21)29-30(26-18-10-6-14-22(26)2)34-32(28-20-12-8-16-24(28)4)31(33-29)27-19-11-7-15-23(27)3/h5-20,29-34H,1-4H3. The Morgan fingerprint density at radius 1 is 0.353 bits per heavy atom. The van der Waals surface area contributed by atoms with E-state index in [0.29, 0.717) is 0 Å².